The van der Waals surface area contributed by atoms with Gasteiger partial charge in [-0.25, -0.2) is 4.99 Å². The maximum absolute atomic E-state index is 5.07. The van der Waals surface area contributed by atoms with Crippen molar-refractivity contribution in [2.75, 3.05) is 0 Å². The minimum absolute atomic E-state index is 0.175. The molecule has 9 heavy (non-hydrogen) atoms. The molecule has 0 aliphatic rings. The molecule has 0 saturated carbocycles. The zero-order valence-electron chi connectivity index (χ0n) is 4.84. The van der Waals surface area contributed by atoms with Gasteiger partial charge in [0.1, 0.15) is 10.4 Å². The molecule has 0 aromatic carbocycles. The van der Waals surface area contributed by atoms with Crippen LogP contribution in [0.4, 0.5) is 0 Å². The lowest BCUT2D eigenvalue weighted by Crippen LogP contribution is -2.06. The maximum Gasteiger partial charge on any atom is 0.112 e. The molecule has 0 unspecified atom stereocenters. The van der Waals surface area contributed by atoms with Crippen molar-refractivity contribution >= 4 is 20.6 Å². The van der Waals surface area contributed by atoms with Crippen LogP contribution in [0.25, 0.3) is 0 Å². The normalized spacial score (nSPS) is 10.6. The number of halogens is 1. The molecule has 0 heterocycles. The third kappa shape index (κ3) is 5.10. The first kappa shape index (κ1) is 8.23. The van der Waals surface area contributed by atoms with Gasteiger partial charge in [0.15, 0.2) is 0 Å². The van der Waals surface area contributed by atoms with Crippen LogP contribution in [0.15, 0.2) is 29.7 Å². The Morgan fingerprint density at radius 3 is 2.44 bits per heavy atom. The fourth-order valence-electron chi connectivity index (χ4n) is 0.189. The zero-order valence-corrected chi connectivity index (χ0v) is 6.43. The van der Waals surface area contributed by atoms with Gasteiger partial charge < -0.3 is 11.5 Å². The van der Waals surface area contributed by atoms with Gasteiger partial charge in [-0.15, -0.1) is 0 Å². The lowest BCUT2D eigenvalue weighted by molar-refractivity contribution is 1.22. The maximum atomic E-state index is 5.07. The van der Waals surface area contributed by atoms with Crippen LogP contribution in [-0.2, 0) is 0 Å². The molecule has 4 N–H and O–H groups in total. The van der Waals surface area contributed by atoms with Gasteiger partial charge in [-0.1, -0.05) is 6.58 Å². The largest absolute Gasteiger partial charge is 0.384 e. The lowest BCUT2D eigenvalue weighted by Gasteiger charge is -1.85. The van der Waals surface area contributed by atoms with Crippen molar-refractivity contribution in [3.63, 3.8) is 0 Å². The highest BCUT2D eigenvalue weighted by atomic mass is 79.9. The Morgan fingerprint density at radius 2 is 2.11 bits per heavy atom. The van der Waals surface area contributed by atoms with E-state index >= 15 is 0 Å². The Bertz CT molecular complexity index is 156. The summed E-state index contributed by atoms with van der Waals surface area (Å²) in [6.45, 7) is 3.45. The summed E-state index contributed by atoms with van der Waals surface area (Å²) in [6, 6.07) is 0. The smallest absolute Gasteiger partial charge is 0.112 e. The highest BCUT2D eigenvalue weighted by Gasteiger charge is 1.78. The van der Waals surface area contributed by atoms with Crippen LogP contribution in [0.5, 0.6) is 0 Å². The van der Waals surface area contributed by atoms with Crippen molar-refractivity contribution in [3.05, 3.63) is 24.7 Å². The predicted molar refractivity (Wildman–Crippen MR) is 43.0 cm³/mol. The molecule has 0 aliphatic heterocycles. The van der Waals surface area contributed by atoms with Gasteiger partial charge in [0, 0.05) is 0 Å². The first-order chi connectivity index (χ1) is 4.16. The summed E-state index contributed by atoms with van der Waals surface area (Å²) in [4.78, 5) is 3.75. The minimum atomic E-state index is 0.175. The number of allylic oxidation sites excluding steroid dienone is 1. The van der Waals surface area contributed by atoms with Crippen molar-refractivity contribution < 1.29 is 0 Å². The standard InChI is InChI=1S/C5H8BrN3/c1-2-4(6)9-3-5(7)8/h2-3H,1,7-8H2/b9-4+. The van der Waals surface area contributed by atoms with Crippen LogP contribution in [0.1, 0.15) is 0 Å². The molecule has 0 atom stereocenters. The first-order valence-corrected chi connectivity index (χ1v) is 3.03. The van der Waals surface area contributed by atoms with E-state index in [0.29, 0.717) is 4.62 Å². The van der Waals surface area contributed by atoms with E-state index in [1.165, 1.54) is 6.20 Å². The topological polar surface area (TPSA) is 64.4 Å². The van der Waals surface area contributed by atoms with Crippen LogP contribution in [0.2, 0.25) is 0 Å². The molecule has 0 amide bonds. The second kappa shape index (κ2) is 4.14. The Hall–Kier alpha value is -0.770. The molecule has 0 bridgehead atoms. The average molecular weight is 190 g/mol. The van der Waals surface area contributed by atoms with E-state index < -0.39 is 0 Å². The fraction of sp³-hybridized carbons (Fsp3) is 0. The predicted octanol–water partition coefficient (Wildman–Crippen LogP) is 0.682. The molecular formula is C5H8BrN3. The Kier molecular flexibility index (Phi) is 3.79. The number of nitrogens with zero attached hydrogens (tertiary/aromatic N) is 1. The Labute approximate surface area is 62.3 Å². The van der Waals surface area contributed by atoms with Crippen molar-refractivity contribution in [1.29, 1.82) is 0 Å². The molecule has 4 heteroatoms. The fourth-order valence-corrected chi connectivity index (χ4v) is 0.291. The summed E-state index contributed by atoms with van der Waals surface area (Å²) in [5.74, 6) is 0.175. The van der Waals surface area contributed by atoms with Crippen LogP contribution >= 0.6 is 15.9 Å². The minimum Gasteiger partial charge on any atom is -0.384 e. The molecule has 50 valence electrons. The Morgan fingerprint density at radius 1 is 1.56 bits per heavy atom. The van der Waals surface area contributed by atoms with Gasteiger partial charge in [0.05, 0.1) is 6.20 Å². The molecule has 0 aromatic heterocycles. The summed E-state index contributed by atoms with van der Waals surface area (Å²) in [5.41, 5.74) is 10.1. The van der Waals surface area contributed by atoms with Gasteiger partial charge in [-0.2, -0.15) is 0 Å². The van der Waals surface area contributed by atoms with E-state index in [2.05, 4.69) is 27.5 Å². The van der Waals surface area contributed by atoms with Crippen molar-refractivity contribution in [2.24, 2.45) is 16.5 Å². The van der Waals surface area contributed by atoms with Crippen LogP contribution in [0, 0.1) is 0 Å². The van der Waals surface area contributed by atoms with Crippen molar-refractivity contribution in [1.82, 2.24) is 0 Å². The molecule has 0 fully saturated rings. The van der Waals surface area contributed by atoms with Gasteiger partial charge >= 0.3 is 0 Å². The Balaban J connectivity index is 3.98. The van der Waals surface area contributed by atoms with Crippen molar-refractivity contribution in [3.8, 4) is 0 Å². The van der Waals surface area contributed by atoms with Crippen LogP contribution in [0.3, 0.4) is 0 Å². The average Bonchev–Trinajstić information content (AvgIpc) is 1.83. The monoisotopic (exact) mass is 189 g/mol. The van der Waals surface area contributed by atoms with Crippen LogP contribution in [-0.4, -0.2) is 4.62 Å². The molecule has 0 spiro atoms. The number of nitrogens with two attached hydrogens (primary N) is 2. The molecule has 0 saturated heterocycles. The van der Waals surface area contributed by atoms with E-state index in [9.17, 15) is 0 Å². The highest BCUT2D eigenvalue weighted by Crippen LogP contribution is 1.90. The molecule has 0 aliphatic carbocycles. The molecule has 0 aromatic rings. The second-order valence-corrected chi connectivity index (χ2v) is 2.10. The van der Waals surface area contributed by atoms with E-state index in [1.54, 1.807) is 6.08 Å². The van der Waals surface area contributed by atoms with Gasteiger partial charge in [0.25, 0.3) is 0 Å². The van der Waals surface area contributed by atoms with E-state index in [1.807, 2.05) is 0 Å². The number of hydrogen-bond acceptors (Lipinski definition) is 3. The summed E-state index contributed by atoms with van der Waals surface area (Å²) >= 11 is 3.08. The molecule has 0 radical (unpaired) electrons. The third-order valence-electron chi connectivity index (χ3n) is 0.505. The van der Waals surface area contributed by atoms with Gasteiger partial charge in [-0.05, 0) is 22.0 Å². The van der Waals surface area contributed by atoms with Gasteiger partial charge in [-0.3, -0.25) is 0 Å². The molecular weight excluding hydrogens is 182 g/mol. The third-order valence-corrected chi connectivity index (χ3v) is 1.03. The lowest BCUT2D eigenvalue weighted by atomic mass is 10.7. The van der Waals surface area contributed by atoms with E-state index in [-0.39, 0.29) is 5.82 Å². The molecule has 0 rings (SSSR count). The van der Waals surface area contributed by atoms with Crippen LogP contribution < -0.4 is 11.5 Å². The number of rotatable bonds is 2. The first-order valence-electron chi connectivity index (χ1n) is 2.23. The quantitative estimate of drug-likeness (QED) is 0.629. The SMILES string of the molecule is C=C/C(Br)=N\C=C(N)N. The molecule has 3 nitrogen and oxygen atoms in total. The summed E-state index contributed by atoms with van der Waals surface area (Å²) in [7, 11) is 0. The second-order valence-electron chi connectivity index (χ2n) is 1.29. The number of hydrogen-bond donors (Lipinski definition) is 2. The van der Waals surface area contributed by atoms with E-state index in [0.717, 1.165) is 0 Å². The summed E-state index contributed by atoms with van der Waals surface area (Å²) < 4.78 is 0.607. The van der Waals surface area contributed by atoms with E-state index in [4.69, 9.17) is 11.5 Å². The zero-order chi connectivity index (χ0) is 7.28. The summed E-state index contributed by atoms with van der Waals surface area (Å²) in [6.07, 6.45) is 2.88. The van der Waals surface area contributed by atoms with Gasteiger partial charge in [0.2, 0.25) is 0 Å². The highest BCUT2D eigenvalue weighted by molar-refractivity contribution is 9.18. The van der Waals surface area contributed by atoms with Crippen molar-refractivity contribution in [2.45, 2.75) is 0 Å². The number of aliphatic imine (C=N–C) groups is 1. The summed E-state index contributed by atoms with van der Waals surface area (Å²) in [5, 5.41) is 0.